The summed E-state index contributed by atoms with van der Waals surface area (Å²) in [6, 6.07) is 17.0. The molecule has 238 valence electrons. The van der Waals surface area contributed by atoms with E-state index in [9.17, 15) is 4.79 Å². The fraction of sp³-hybridized carbons (Fsp3) is 0.441. The van der Waals surface area contributed by atoms with Crippen molar-refractivity contribution in [1.82, 2.24) is 19.8 Å². The van der Waals surface area contributed by atoms with E-state index in [4.69, 9.17) is 9.57 Å². The van der Waals surface area contributed by atoms with Gasteiger partial charge in [0, 0.05) is 44.4 Å². The molecule has 1 atom stereocenters. The molecule has 2 N–H and O–H groups in total. The second-order valence-electron chi connectivity index (χ2n) is 12.0. The smallest absolute Gasteiger partial charge is 0.247 e. The monoisotopic (exact) mass is 612 g/mol. The summed E-state index contributed by atoms with van der Waals surface area (Å²) in [6.45, 7) is 10.3. The molecular formula is C34H44N8O3. The zero-order chi connectivity index (χ0) is 31.2. The Hall–Kier alpha value is -4.19. The van der Waals surface area contributed by atoms with Crippen molar-refractivity contribution in [1.29, 1.82) is 0 Å². The predicted octanol–water partition coefficient (Wildman–Crippen LogP) is 4.32. The summed E-state index contributed by atoms with van der Waals surface area (Å²) in [5.74, 6) is 1.66. The number of amides is 1. The van der Waals surface area contributed by atoms with Crippen molar-refractivity contribution < 1.29 is 14.4 Å². The average molecular weight is 613 g/mol. The Labute approximate surface area is 265 Å². The summed E-state index contributed by atoms with van der Waals surface area (Å²) >= 11 is 0. The van der Waals surface area contributed by atoms with Gasteiger partial charge in [-0.25, -0.2) is 15.0 Å². The number of carbonyl (C=O) groups excluding carboxylic acids is 1. The molecule has 3 aliphatic heterocycles. The highest BCUT2D eigenvalue weighted by Gasteiger charge is 2.29. The summed E-state index contributed by atoms with van der Waals surface area (Å²) in [6.07, 6.45) is 7.03. The van der Waals surface area contributed by atoms with Crippen molar-refractivity contribution in [3.05, 3.63) is 73.1 Å². The van der Waals surface area contributed by atoms with E-state index >= 15 is 0 Å². The number of anilines is 5. The Balaban J connectivity index is 1.20. The van der Waals surface area contributed by atoms with E-state index in [1.807, 2.05) is 29.3 Å². The van der Waals surface area contributed by atoms with Crippen LogP contribution in [0.2, 0.25) is 0 Å². The van der Waals surface area contributed by atoms with Crippen LogP contribution in [0.25, 0.3) is 0 Å². The minimum Gasteiger partial charge on any atom is -0.494 e. The lowest BCUT2D eigenvalue weighted by Crippen LogP contribution is -2.53. The molecule has 0 saturated carbocycles. The van der Waals surface area contributed by atoms with Gasteiger partial charge in [0.15, 0.2) is 5.82 Å². The van der Waals surface area contributed by atoms with Crippen LogP contribution in [0.4, 0.5) is 28.7 Å². The van der Waals surface area contributed by atoms with Gasteiger partial charge in [-0.2, -0.15) is 0 Å². The van der Waals surface area contributed by atoms with Gasteiger partial charge >= 0.3 is 0 Å². The maximum atomic E-state index is 12.5. The number of hydrogen-bond donors (Lipinski definition) is 2. The molecule has 0 unspecified atom stereocenters. The maximum Gasteiger partial charge on any atom is 0.247 e. The highest BCUT2D eigenvalue weighted by Crippen LogP contribution is 2.39. The lowest BCUT2D eigenvalue weighted by Gasteiger charge is -2.43. The molecule has 1 amide bonds. The zero-order valence-corrected chi connectivity index (χ0v) is 26.3. The van der Waals surface area contributed by atoms with Crippen molar-refractivity contribution in [2.45, 2.75) is 37.8 Å². The lowest BCUT2D eigenvalue weighted by molar-refractivity contribution is -0.111. The van der Waals surface area contributed by atoms with Crippen LogP contribution in [-0.2, 0) is 16.1 Å². The molecule has 0 radical (unpaired) electrons. The van der Waals surface area contributed by atoms with E-state index in [1.165, 1.54) is 30.8 Å². The number of rotatable bonds is 10. The van der Waals surface area contributed by atoms with Crippen LogP contribution in [0.5, 0.6) is 5.75 Å². The molecule has 3 saturated heterocycles. The van der Waals surface area contributed by atoms with Gasteiger partial charge in [0.25, 0.3) is 0 Å². The van der Waals surface area contributed by atoms with Gasteiger partial charge in [0.05, 0.1) is 36.8 Å². The number of nitrogens with zero attached hydrogens (tertiary/aromatic N) is 6. The normalized spacial score (nSPS) is 19.8. The molecule has 4 heterocycles. The topological polar surface area (TPSA) is 98.3 Å². The lowest BCUT2D eigenvalue weighted by atomic mass is 10.0. The molecule has 11 heteroatoms. The van der Waals surface area contributed by atoms with E-state index in [2.05, 4.69) is 73.2 Å². The molecule has 3 fully saturated rings. The minimum atomic E-state index is -0.266. The van der Waals surface area contributed by atoms with Crippen molar-refractivity contribution in [3.8, 4) is 5.75 Å². The fourth-order valence-electron chi connectivity index (χ4n) is 6.58. The Morgan fingerprint density at radius 1 is 1.02 bits per heavy atom. The molecule has 0 spiro atoms. The molecular weight excluding hydrogens is 568 g/mol. The molecule has 11 nitrogen and oxygen atoms in total. The van der Waals surface area contributed by atoms with Gasteiger partial charge in [0.1, 0.15) is 17.9 Å². The van der Waals surface area contributed by atoms with Gasteiger partial charge in [0.2, 0.25) is 5.91 Å². The van der Waals surface area contributed by atoms with E-state index in [1.54, 1.807) is 7.11 Å². The Kier molecular flexibility index (Phi) is 9.78. The molecule has 6 rings (SSSR count). The molecule has 0 aliphatic carbocycles. The van der Waals surface area contributed by atoms with Gasteiger partial charge < -0.3 is 25.2 Å². The first-order chi connectivity index (χ1) is 22.0. The number of nitrogens with one attached hydrogen (secondary N) is 2. The molecule has 1 aromatic heterocycles. The first-order valence-corrected chi connectivity index (χ1v) is 15.9. The largest absolute Gasteiger partial charge is 0.494 e. The maximum absolute atomic E-state index is 12.5. The molecule has 3 aliphatic rings. The molecule has 0 bridgehead atoms. The van der Waals surface area contributed by atoms with Crippen molar-refractivity contribution >= 4 is 34.6 Å². The van der Waals surface area contributed by atoms with E-state index in [0.29, 0.717) is 41.4 Å². The number of hydrogen-bond acceptors (Lipinski definition) is 10. The minimum absolute atomic E-state index is 0.171. The number of carbonyl (C=O) groups is 1. The molecule has 45 heavy (non-hydrogen) atoms. The Morgan fingerprint density at radius 3 is 2.53 bits per heavy atom. The summed E-state index contributed by atoms with van der Waals surface area (Å²) < 4.78 is 5.86. The molecule has 3 aromatic rings. The van der Waals surface area contributed by atoms with Crippen LogP contribution in [-0.4, -0.2) is 97.8 Å². The van der Waals surface area contributed by atoms with Crippen LogP contribution in [0.3, 0.4) is 0 Å². The highest BCUT2D eigenvalue weighted by molar-refractivity contribution is 6.02. The zero-order valence-electron chi connectivity index (χ0n) is 26.3. The summed E-state index contributed by atoms with van der Waals surface area (Å²) in [7, 11) is 3.86. The number of benzene rings is 2. The quantitative estimate of drug-likeness (QED) is 0.322. The van der Waals surface area contributed by atoms with E-state index in [-0.39, 0.29) is 11.9 Å². The number of hydroxylamine groups is 1. The third-order valence-corrected chi connectivity index (χ3v) is 9.09. The summed E-state index contributed by atoms with van der Waals surface area (Å²) in [5.41, 5.74) is 3.55. The first kappa shape index (κ1) is 30.8. The number of piperazine rings is 1. The van der Waals surface area contributed by atoms with Gasteiger partial charge in [-0.15, -0.1) is 0 Å². The van der Waals surface area contributed by atoms with Gasteiger partial charge in [-0.1, -0.05) is 36.9 Å². The Morgan fingerprint density at radius 2 is 1.80 bits per heavy atom. The van der Waals surface area contributed by atoms with E-state index in [0.717, 1.165) is 57.8 Å². The molecule has 2 aromatic carbocycles. The van der Waals surface area contributed by atoms with Crippen LogP contribution >= 0.6 is 0 Å². The fourth-order valence-corrected chi connectivity index (χ4v) is 6.58. The van der Waals surface area contributed by atoms with Gasteiger partial charge in [-0.3, -0.25) is 14.5 Å². The van der Waals surface area contributed by atoms with Crippen molar-refractivity contribution in [2.75, 3.05) is 80.6 Å². The van der Waals surface area contributed by atoms with Crippen LogP contribution in [0.1, 0.15) is 24.8 Å². The van der Waals surface area contributed by atoms with E-state index < -0.39 is 0 Å². The third kappa shape index (κ3) is 7.38. The predicted molar refractivity (Wildman–Crippen MR) is 178 cm³/mol. The number of ether oxygens (including phenoxy) is 1. The number of methoxy groups -OCH3 is 1. The number of piperidine rings is 1. The van der Waals surface area contributed by atoms with Crippen molar-refractivity contribution in [2.24, 2.45) is 0 Å². The average Bonchev–Trinajstić information content (AvgIpc) is 3.54. The second-order valence-corrected chi connectivity index (χ2v) is 12.0. The number of likely N-dealkylation sites (tertiary alicyclic amines) is 1. The van der Waals surface area contributed by atoms with Crippen LogP contribution < -0.4 is 25.3 Å². The second kappa shape index (κ2) is 14.3. The van der Waals surface area contributed by atoms with Gasteiger partial charge in [-0.05, 0) is 63.5 Å². The van der Waals surface area contributed by atoms with Crippen LogP contribution in [0.15, 0.2) is 67.5 Å². The van der Waals surface area contributed by atoms with Crippen molar-refractivity contribution in [3.63, 3.8) is 0 Å². The SMILES string of the molecule is C=CC(=O)Nc1cc(Nc2cc(N3OCC[C@@H]3Cc3ccccc3)ncn2)c(OC)cc1N1CCN(C2CCN(C)CC2)CC1. The van der Waals surface area contributed by atoms with Crippen LogP contribution in [0, 0.1) is 0 Å². The highest BCUT2D eigenvalue weighted by atomic mass is 16.7. The first-order valence-electron chi connectivity index (χ1n) is 15.9. The Bertz CT molecular complexity index is 1460. The summed E-state index contributed by atoms with van der Waals surface area (Å²) in [5, 5.41) is 8.32. The standard InChI is InChI=1S/C34H44N8O3/c1-4-34(43)38-28-21-29(31(44-3)22-30(28)41-17-15-40(16-18-41)26-10-13-39(2)14-11-26)37-32-23-33(36-24-35-32)42-27(12-19-45-42)20-25-8-6-5-7-9-25/h4-9,21-24,26-27H,1,10-20H2,2-3H3,(H,38,43)(H,35,36,37)/t27-/m1/s1. The third-order valence-electron chi connectivity index (χ3n) is 9.09. The summed E-state index contributed by atoms with van der Waals surface area (Å²) in [4.78, 5) is 34.9. The number of aromatic nitrogens is 2.